The number of rotatable bonds is 5. The van der Waals surface area contributed by atoms with Crippen LogP contribution in [0.2, 0.25) is 0 Å². The first-order valence-electron chi connectivity index (χ1n) is 10.4. The topological polar surface area (TPSA) is 49.4 Å². The van der Waals surface area contributed by atoms with Crippen LogP contribution in [-0.4, -0.2) is 17.4 Å². The van der Waals surface area contributed by atoms with E-state index < -0.39 is 5.54 Å². The zero-order chi connectivity index (χ0) is 21.1. The van der Waals surface area contributed by atoms with Crippen LogP contribution >= 0.6 is 0 Å². The highest BCUT2D eigenvalue weighted by molar-refractivity contribution is 6.14. The van der Waals surface area contributed by atoms with Gasteiger partial charge in [-0.2, -0.15) is 0 Å². The zero-order valence-electron chi connectivity index (χ0n) is 17.4. The Morgan fingerprint density at radius 1 is 0.933 bits per heavy atom. The minimum Gasteiger partial charge on any atom is -0.350 e. The minimum atomic E-state index is -1.02. The van der Waals surface area contributed by atoms with Crippen LogP contribution in [-0.2, 0) is 24.2 Å². The Morgan fingerprint density at radius 2 is 1.60 bits per heavy atom. The molecular weight excluding hydrogens is 372 g/mol. The molecule has 1 N–H and O–H groups in total. The Bertz CT molecular complexity index is 1060. The largest absolute Gasteiger partial charge is 0.350 e. The maximum absolute atomic E-state index is 13.5. The van der Waals surface area contributed by atoms with Gasteiger partial charge in [0.25, 0.3) is 5.91 Å². The van der Waals surface area contributed by atoms with Gasteiger partial charge in [0.1, 0.15) is 5.54 Å². The Labute approximate surface area is 177 Å². The zero-order valence-corrected chi connectivity index (χ0v) is 17.4. The van der Waals surface area contributed by atoms with Crippen molar-refractivity contribution < 1.29 is 9.59 Å². The van der Waals surface area contributed by atoms with Gasteiger partial charge >= 0.3 is 0 Å². The van der Waals surface area contributed by atoms with Gasteiger partial charge in [-0.15, -0.1) is 0 Å². The lowest BCUT2D eigenvalue weighted by Gasteiger charge is -2.44. The first kappa shape index (κ1) is 19.9. The number of fused-ring (bicyclic) bond motifs is 1. The van der Waals surface area contributed by atoms with E-state index in [1.165, 1.54) is 5.56 Å². The highest BCUT2D eigenvalue weighted by Crippen LogP contribution is 2.35. The van der Waals surface area contributed by atoms with Gasteiger partial charge in [0.2, 0.25) is 5.91 Å². The Hall–Kier alpha value is -3.40. The fourth-order valence-corrected chi connectivity index (χ4v) is 4.11. The maximum atomic E-state index is 13.5. The van der Waals surface area contributed by atoms with Gasteiger partial charge in [0.15, 0.2) is 0 Å². The third-order valence-corrected chi connectivity index (χ3v) is 5.87. The molecule has 2 amide bonds. The molecule has 4 nitrogen and oxygen atoms in total. The lowest BCUT2D eigenvalue weighted by Crippen LogP contribution is -2.63. The van der Waals surface area contributed by atoms with Crippen molar-refractivity contribution in [2.45, 2.75) is 38.8 Å². The van der Waals surface area contributed by atoms with Crippen LogP contribution in [0.25, 0.3) is 0 Å². The molecule has 0 radical (unpaired) electrons. The van der Waals surface area contributed by atoms with E-state index in [4.69, 9.17) is 0 Å². The molecule has 1 aliphatic heterocycles. The SMILES string of the molecule is CCc1ccc(N2C(=O)c3ccccc3C[C@@]2(C)C(=O)NCc2ccccc2)cc1. The first-order valence-corrected chi connectivity index (χ1v) is 10.4. The number of nitrogens with zero attached hydrogens (tertiary/aromatic N) is 1. The molecule has 4 rings (SSSR count). The minimum absolute atomic E-state index is 0.140. The smallest absolute Gasteiger partial charge is 0.259 e. The molecule has 152 valence electrons. The molecule has 1 heterocycles. The Kier molecular flexibility index (Phi) is 5.40. The molecule has 3 aromatic rings. The number of carbonyl (C=O) groups is 2. The van der Waals surface area contributed by atoms with Crippen molar-refractivity contribution in [1.29, 1.82) is 0 Å². The van der Waals surface area contributed by atoms with Gasteiger partial charge in [0.05, 0.1) is 0 Å². The molecule has 0 aliphatic carbocycles. The summed E-state index contributed by atoms with van der Waals surface area (Å²) in [5.41, 5.74) is 3.50. The number of hydrogen-bond acceptors (Lipinski definition) is 2. The van der Waals surface area contributed by atoms with E-state index in [9.17, 15) is 9.59 Å². The van der Waals surface area contributed by atoms with Crippen molar-refractivity contribution >= 4 is 17.5 Å². The van der Waals surface area contributed by atoms with Crippen LogP contribution in [0.5, 0.6) is 0 Å². The Balaban J connectivity index is 1.71. The van der Waals surface area contributed by atoms with Crippen LogP contribution in [0.4, 0.5) is 5.69 Å². The number of nitrogens with one attached hydrogen (secondary N) is 1. The molecule has 1 atom stereocenters. The lowest BCUT2D eigenvalue weighted by atomic mass is 9.82. The van der Waals surface area contributed by atoms with Crippen molar-refractivity contribution in [2.75, 3.05) is 4.90 Å². The lowest BCUT2D eigenvalue weighted by molar-refractivity contribution is -0.126. The molecular formula is C26H26N2O2. The van der Waals surface area contributed by atoms with Crippen LogP contribution in [0, 0.1) is 0 Å². The third-order valence-electron chi connectivity index (χ3n) is 5.87. The van der Waals surface area contributed by atoms with Gasteiger partial charge < -0.3 is 5.32 Å². The number of carbonyl (C=O) groups excluding carboxylic acids is 2. The summed E-state index contributed by atoms with van der Waals surface area (Å²) in [6.07, 6.45) is 1.39. The van der Waals surface area contributed by atoms with E-state index in [-0.39, 0.29) is 11.8 Å². The van der Waals surface area contributed by atoms with Crippen LogP contribution in [0.1, 0.15) is 40.9 Å². The summed E-state index contributed by atoms with van der Waals surface area (Å²) in [6, 6.07) is 25.3. The van der Waals surface area contributed by atoms with E-state index in [0.29, 0.717) is 18.5 Å². The monoisotopic (exact) mass is 398 g/mol. The number of anilines is 1. The predicted octanol–water partition coefficient (Wildman–Crippen LogP) is 4.53. The average Bonchev–Trinajstić information content (AvgIpc) is 2.78. The molecule has 0 saturated carbocycles. The van der Waals surface area contributed by atoms with Crippen LogP contribution in [0.15, 0.2) is 78.9 Å². The molecule has 0 bridgehead atoms. The molecule has 1 aliphatic rings. The van der Waals surface area contributed by atoms with Crippen LogP contribution in [0.3, 0.4) is 0 Å². The van der Waals surface area contributed by atoms with E-state index in [1.807, 2.05) is 85.8 Å². The summed E-state index contributed by atoms with van der Waals surface area (Å²) in [5.74, 6) is -0.299. The summed E-state index contributed by atoms with van der Waals surface area (Å²) in [4.78, 5) is 28.6. The summed E-state index contributed by atoms with van der Waals surface area (Å²) in [6.45, 7) is 4.38. The number of benzene rings is 3. The summed E-state index contributed by atoms with van der Waals surface area (Å²) >= 11 is 0. The molecule has 0 spiro atoms. The second-order valence-electron chi connectivity index (χ2n) is 7.94. The average molecular weight is 399 g/mol. The number of hydrogen-bond donors (Lipinski definition) is 1. The van der Waals surface area contributed by atoms with E-state index in [2.05, 4.69) is 12.2 Å². The van der Waals surface area contributed by atoms with Gasteiger partial charge in [-0.05, 0) is 48.2 Å². The molecule has 0 saturated heterocycles. The van der Waals surface area contributed by atoms with Gasteiger partial charge in [0, 0.05) is 24.2 Å². The van der Waals surface area contributed by atoms with Gasteiger partial charge in [-0.1, -0.05) is 67.6 Å². The van der Waals surface area contributed by atoms with Crippen LogP contribution < -0.4 is 10.2 Å². The Morgan fingerprint density at radius 3 is 2.30 bits per heavy atom. The highest BCUT2D eigenvalue weighted by Gasteiger charge is 2.47. The summed E-state index contributed by atoms with van der Waals surface area (Å²) in [5, 5.41) is 3.05. The summed E-state index contributed by atoms with van der Waals surface area (Å²) < 4.78 is 0. The molecule has 3 aromatic carbocycles. The van der Waals surface area contributed by atoms with Gasteiger partial charge in [-0.25, -0.2) is 0 Å². The highest BCUT2D eigenvalue weighted by atomic mass is 16.2. The van der Waals surface area contributed by atoms with E-state index in [1.54, 1.807) is 4.90 Å². The molecule has 30 heavy (non-hydrogen) atoms. The normalized spacial score (nSPS) is 18.1. The second kappa shape index (κ2) is 8.15. The van der Waals surface area contributed by atoms with E-state index in [0.717, 1.165) is 23.2 Å². The van der Waals surface area contributed by atoms with Crippen molar-refractivity contribution in [3.8, 4) is 0 Å². The fraction of sp³-hybridized carbons (Fsp3) is 0.231. The van der Waals surface area contributed by atoms with Crippen molar-refractivity contribution in [3.63, 3.8) is 0 Å². The maximum Gasteiger partial charge on any atom is 0.259 e. The summed E-state index contributed by atoms with van der Waals surface area (Å²) in [7, 11) is 0. The molecule has 4 heteroatoms. The molecule has 0 fully saturated rings. The number of amides is 2. The van der Waals surface area contributed by atoms with Gasteiger partial charge in [-0.3, -0.25) is 14.5 Å². The van der Waals surface area contributed by atoms with E-state index >= 15 is 0 Å². The van der Waals surface area contributed by atoms with Crippen molar-refractivity contribution in [3.05, 3.63) is 101 Å². The molecule has 0 aromatic heterocycles. The number of aryl methyl sites for hydroxylation is 1. The second-order valence-corrected chi connectivity index (χ2v) is 7.94. The molecule has 0 unspecified atom stereocenters. The third kappa shape index (κ3) is 3.61. The quantitative estimate of drug-likeness (QED) is 0.687. The standard InChI is InChI=1S/C26H26N2O2/c1-3-19-13-15-22(16-14-19)28-24(29)23-12-8-7-11-21(23)17-26(28,2)25(30)27-18-20-9-5-4-6-10-20/h4-16H,3,17-18H2,1-2H3,(H,27,30)/t26-/m0/s1. The van der Waals surface area contributed by atoms with Crippen molar-refractivity contribution in [2.24, 2.45) is 0 Å². The first-order chi connectivity index (χ1) is 14.5. The van der Waals surface area contributed by atoms with Crippen molar-refractivity contribution in [1.82, 2.24) is 5.32 Å². The predicted molar refractivity (Wildman–Crippen MR) is 119 cm³/mol. The fourth-order valence-electron chi connectivity index (χ4n) is 4.11.